The van der Waals surface area contributed by atoms with Crippen molar-refractivity contribution in [1.29, 1.82) is 0 Å². The molecule has 0 radical (unpaired) electrons. The molecule has 0 aliphatic carbocycles. The first kappa shape index (κ1) is 19.4. The second kappa shape index (κ2) is 8.59. The van der Waals surface area contributed by atoms with Crippen LogP contribution in [0.2, 0.25) is 0 Å². The van der Waals surface area contributed by atoms with E-state index in [1.54, 1.807) is 29.3 Å². The van der Waals surface area contributed by atoms with Gasteiger partial charge in [0.05, 0.1) is 11.1 Å². The van der Waals surface area contributed by atoms with E-state index in [9.17, 15) is 14.0 Å². The molecule has 0 unspecified atom stereocenters. The molecule has 6 nitrogen and oxygen atoms in total. The minimum absolute atomic E-state index is 0.0482. The van der Waals surface area contributed by atoms with Crippen LogP contribution in [-0.4, -0.2) is 65.9 Å². The summed E-state index contributed by atoms with van der Waals surface area (Å²) in [6.07, 6.45) is 6.28. The van der Waals surface area contributed by atoms with E-state index in [-0.39, 0.29) is 17.6 Å². The maximum Gasteiger partial charge on any atom is 0.255 e. The number of pyridine rings is 1. The van der Waals surface area contributed by atoms with Gasteiger partial charge in [-0.2, -0.15) is 0 Å². The summed E-state index contributed by atoms with van der Waals surface area (Å²) in [5.74, 6) is -0.411. The van der Waals surface area contributed by atoms with Crippen LogP contribution in [0.3, 0.4) is 0 Å². The first-order valence-electron chi connectivity index (χ1n) is 10.2. The van der Waals surface area contributed by atoms with E-state index < -0.39 is 0 Å². The number of piperazine rings is 1. The van der Waals surface area contributed by atoms with Crippen LogP contribution in [0.25, 0.3) is 0 Å². The Kier molecular flexibility index (Phi) is 5.74. The summed E-state index contributed by atoms with van der Waals surface area (Å²) in [4.78, 5) is 35.5. The van der Waals surface area contributed by atoms with Gasteiger partial charge in [0.1, 0.15) is 5.82 Å². The highest BCUT2D eigenvalue weighted by Crippen LogP contribution is 2.19. The molecule has 2 amide bonds. The number of carbonyl (C=O) groups excluding carboxylic acids is 2. The average molecular weight is 396 g/mol. The maximum absolute atomic E-state index is 13.1. The van der Waals surface area contributed by atoms with E-state index in [0.29, 0.717) is 37.3 Å². The van der Waals surface area contributed by atoms with Crippen molar-refractivity contribution in [3.63, 3.8) is 0 Å². The topological polar surface area (TPSA) is 56.8 Å². The van der Waals surface area contributed by atoms with Gasteiger partial charge in [0.15, 0.2) is 0 Å². The van der Waals surface area contributed by atoms with E-state index in [0.717, 1.165) is 38.0 Å². The van der Waals surface area contributed by atoms with Gasteiger partial charge in [-0.25, -0.2) is 4.39 Å². The Labute approximate surface area is 169 Å². The Morgan fingerprint density at radius 2 is 1.31 bits per heavy atom. The van der Waals surface area contributed by atoms with Crippen molar-refractivity contribution in [3.8, 4) is 0 Å². The smallest absolute Gasteiger partial charge is 0.255 e. The van der Waals surface area contributed by atoms with Crippen molar-refractivity contribution in [2.75, 3.05) is 44.2 Å². The van der Waals surface area contributed by atoms with Gasteiger partial charge >= 0.3 is 0 Å². The van der Waals surface area contributed by atoms with Crippen LogP contribution in [0, 0.1) is 5.82 Å². The predicted molar refractivity (Wildman–Crippen MR) is 109 cm³/mol. The second-order valence-electron chi connectivity index (χ2n) is 7.57. The number of hydrogen-bond donors (Lipinski definition) is 0. The zero-order valence-electron chi connectivity index (χ0n) is 16.4. The number of likely N-dealkylation sites (tertiary alicyclic amines) is 1. The highest BCUT2D eigenvalue weighted by molar-refractivity contribution is 5.99. The number of aromatic nitrogens is 1. The Morgan fingerprint density at radius 1 is 0.759 bits per heavy atom. The monoisotopic (exact) mass is 396 g/mol. The number of anilines is 1. The minimum Gasteiger partial charge on any atom is -0.368 e. The van der Waals surface area contributed by atoms with E-state index in [4.69, 9.17) is 0 Å². The number of halogens is 1. The molecular formula is C22H25FN4O2. The van der Waals surface area contributed by atoms with Crippen molar-refractivity contribution in [2.24, 2.45) is 0 Å². The molecule has 29 heavy (non-hydrogen) atoms. The van der Waals surface area contributed by atoms with Crippen LogP contribution < -0.4 is 4.90 Å². The predicted octanol–water partition coefficient (Wildman–Crippen LogP) is 2.81. The molecule has 3 heterocycles. The Hall–Kier alpha value is -2.96. The summed E-state index contributed by atoms with van der Waals surface area (Å²) < 4.78 is 13.1. The highest BCUT2D eigenvalue weighted by atomic mass is 19.1. The molecule has 2 aromatic rings. The molecule has 7 heteroatoms. The van der Waals surface area contributed by atoms with E-state index in [1.807, 2.05) is 4.90 Å². The van der Waals surface area contributed by atoms with Crippen molar-refractivity contribution >= 4 is 17.5 Å². The molecule has 2 fully saturated rings. The molecule has 0 N–H and O–H groups in total. The molecule has 0 atom stereocenters. The van der Waals surface area contributed by atoms with E-state index >= 15 is 0 Å². The molecule has 0 spiro atoms. The lowest BCUT2D eigenvalue weighted by Crippen LogP contribution is -2.48. The van der Waals surface area contributed by atoms with Gasteiger partial charge in [0, 0.05) is 57.3 Å². The highest BCUT2D eigenvalue weighted by Gasteiger charge is 2.24. The third-order valence-corrected chi connectivity index (χ3v) is 5.63. The minimum atomic E-state index is -0.256. The van der Waals surface area contributed by atoms with Crippen LogP contribution >= 0.6 is 0 Å². The van der Waals surface area contributed by atoms with Gasteiger partial charge < -0.3 is 14.7 Å². The number of amides is 2. The standard InChI is InChI=1S/C22H25FN4O2/c23-19-4-6-20(7-5-19)25-10-12-27(13-11-25)22(29)18-14-17(15-24-16-18)21(28)26-8-2-1-3-9-26/h4-7,14-16H,1-3,8-13H2. The van der Waals surface area contributed by atoms with Crippen molar-refractivity contribution < 1.29 is 14.0 Å². The summed E-state index contributed by atoms with van der Waals surface area (Å²) in [5, 5.41) is 0. The van der Waals surface area contributed by atoms with Gasteiger partial charge in [0.2, 0.25) is 0 Å². The molecule has 1 aromatic heterocycles. The Morgan fingerprint density at radius 3 is 1.90 bits per heavy atom. The van der Waals surface area contributed by atoms with Gasteiger partial charge in [-0.1, -0.05) is 0 Å². The molecule has 0 saturated carbocycles. The summed E-state index contributed by atoms with van der Waals surface area (Å²) >= 11 is 0. The van der Waals surface area contributed by atoms with Crippen LogP contribution in [0.5, 0.6) is 0 Å². The van der Waals surface area contributed by atoms with Crippen LogP contribution in [0.4, 0.5) is 10.1 Å². The van der Waals surface area contributed by atoms with Crippen molar-refractivity contribution in [2.45, 2.75) is 19.3 Å². The SMILES string of the molecule is O=C(c1cncc(C(=O)N2CCN(c3ccc(F)cc3)CC2)c1)N1CCCCC1. The first-order chi connectivity index (χ1) is 14.1. The Bertz CT molecular complexity index is 873. The fourth-order valence-corrected chi connectivity index (χ4v) is 3.96. The van der Waals surface area contributed by atoms with E-state index in [2.05, 4.69) is 9.88 Å². The largest absolute Gasteiger partial charge is 0.368 e. The summed E-state index contributed by atoms with van der Waals surface area (Å²) in [6.45, 7) is 4.03. The van der Waals surface area contributed by atoms with Crippen LogP contribution in [0.1, 0.15) is 40.0 Å². The molecule has 1 aromatic carbocycles. The molecule has 0 bridgehead atoms. The van der Waals surface area contributed by atoms with Crippen molar-refractivity contribution in [1.82, 2.24) is 14.8 Å². The van der Waals surface area contributed by atoms with E-state index in [1.165, 1.54) is 18.3 Å². The lowest BCUT2D eigenvalue weighted by Gasteiger charge is -2.36. The fourth-order valence-electron chi connectivity index (χ4n) is 3.96. The van der Waals surface area contributed by atoms with Gasteiger partial charge in [-0.05, 0) is 49.6 Å². The molecule has 2 aliphatic heterocycles. The van der Waals surface area contributed by atoms with Gasteiger partial charge in [0.25, 0.3) is 11.8 Å². The van der Waals surface area contributed by atoms with Crippen molar-refractivity contribution in [3.05, 3.63) is 59.7 Å². The summed E-state index contributed by atoms with van der Waals surface area (Å²) in [5.41, 5.74) is 1.88. The quantitative estimate of drug-likeness (QED) is 0.801. The fraction of sp³-hybridized carbons (Fsp3) is 0.409. The third-order valence-electron chi connectivity index (χ3n) is 5.63. The molecule has 2 saturated heterocycles. The average Bonchev–Trinajstić information content (AvgIpc) is 2.79. The number of hydrogen-bond acceptors (Lipinski definition) is 4. The lowest BCUT2D eigenvalue weighted by molar-refractivity contribution is 0.0723. The summed E-state index contributed by atoms with van der Waals surface area (Å²) in [7, 11) is 0. The number of carbonyl (C=O) groups is 2. The van der Waals surface area contributed by atoms with Crippen LogP contribution in [-0.2, 0) is 0 Å². The zero-order valence-corrected chi connectivity index (χ0v) is 16.4. The third kappa shape index (κ3) is 4.39. The lowest BCUT2D eigenvalue weighted by atomic mass is 10.1. The second-order valence-corrected chi connectivity index (χ2v) is 7.57. The normalized spacial score (nSPS) is 17.3. The number of piperidine rings is 1. The number of rotatable bonds is 3. The molecular weight excluding hydrogens is 371 g/mol. The van der Waals surface area contributed by atoms with Gasteiger partial charge in [-0.3, -0.25) is 14.6 Å². The maximum atomic E-state index is 13.1. The molecule has 152 valence electrons. The number of benzene rings is 1. The van der Waals surface area contributed by atoms with Gasteiger partial charge in [-0.15, -0.1) is 0 Å². The summed E-state index contributed by atoms with van der Waals surface area (Å²) in [6, 6.07) is 8.07. The van der Waals surface area contributed by atoms with Crippen LogP contribution in [0.15, 0.2) is 42.7 Å². The molecule has 4 rings (SSSR count). The zero-order chi connectivity index (χ0) is 20.2. The molecule has 2 aliphatic rings. The first-order valence-corrected chi connectivity index (χ1v) is 10.2. The number of nitrogens with zero attached hydrogens (tertiary/aromatic N) is 4. The Balaban J connectivity index is 1.40.